The van der Waals surface area contributed by atoms with Crippen molar-refractivity contribution in [2.24, 2.45) is 0 Å². The summed E-state index contributed by atoms with van der Waals surface area (Å²) in [5.74, 6) is -0.949. The first-order chi connectivity index (χ1) is 11.1. The van der Waals surface area contributed by atoms with Crippen LogP contribution in [0.15, 0.2) is 54.6 Å². The van der Waals surface area contributed by atoms with Crippen molar-refractivity contribution in [2.45, 2.75) is 12.8 Å². The fraction of sp³-hybridized carbons (Fsp3) is 0.222. The molecule has 0 bridgehead atoms. The number of para-hydroxylation sites is 1. The molecule has 0 heterocycles. The van der Waals surface area contributed by atoms with Crippen molar-refractivity contribution in [3.05, 3.63) is 66.0 Å². The van der Waals surface area contributed by atoms with E-state index in [1.54, 1.807) is 37.4 Å². The quantitative estimate of drug-likeness (QED) is 0.833. The molecule has 0 aliphatic carbocycles. The van der Waals surface area contributed by atoms with Crippen molar-refractivity contribution in [1.82, 2.24) is 5.32 Å². The SMILES string of the molecule is CN(C(=O)CC(=O)NCCc1ccccc1F)c1ccccc1. The summed E-state index contributed by atoms with van der Waals surface area (Å²) in [7, 11) is 1.63. The summed E-state index contributed by atoms with van der Waals surface area (Å²) < 4.78 is 13.4. The molecule has 4 nitrogen and oxygen atoms in total. The van der Waals surface area contributed by atoms with Crippen LogP contribution in [-0.4, -0.2) is 25.4 Å². The molecule has 0 saturated carbocycles. The molecular formula is C18H19FN2O2. The van der Waals surface area contributed by atoms with Gasteiger partial charge in [-0.25, -0.2) is 4.39 Å². The zero-order valence-electron chi connectivity index (χ0n) is 13.0. The van der Waals surface area contributed by atoms with Gasteiger partial charge in [-0.15, -0.1) is 0 Å². The van der Waals surface area contributed by atoms with Crippen molar-refractivity contribution in [3.63, 3.8) is 0 Å². The molecule has 120 valence electrons. The van der Waals surface area contributed by atoms with Crippen molar-refractivity contribution in [2.75, 3.05) is 18.5 Å². The first-order valence-electron chi connectivity index (χ1n) is 7.39. The molecule has 0 radical (unpaired) electrons. The lowest BCUT2D eigenvalue weighted by Gasteiger charge is -2.17. The molecule has 0 fully saturated rings. The van der Waals surface area contributed by atoms with E-state index in [1.807, 2.05) is 18.2 Å². The highest BCUT2D eigenvalue weighted by Gasteiger charge is 2.15. The van der Waals surface area contributed by atoms with Gasteiger partial charge >= 0.3 is 0 Å². The summed E-state index contributed by atoms with van der Waals surface area (Å²) in [6.45, 7) is 0.294. The lowest BCUT2D eigenvalue weighted by Crippen LogP contribution is -2.34. The van der Waals surface area contributed by atoms with E-state index in [2.05, 4.69) is 5.32 Å². The molecule has 2 aromatic carbocycles. The number of carbonyl (C=O) groups excluding carboxylic acids is 2. The summed E-state index contributed by atoms with van der Waals surface area (Å²) in [5, 5.41) is 2.64. The molecule has 2 amide bonds. The van der Waals surface area contributed by atoms with Gasteiger partial charge in [0.25, 0.3) is 0 Å². The van der Waals surface area contributed by atoms with Crippen molar-refractivity contribution in [1.29, 1.82) is 0 Å². The number of carbonyl (C=O) groups is 2. The first kappa shape index (κ1) is 16.7. The Hall–Kier alpha value is -2.69. The van der Waals surface area contributed by atoms with Gasteiger partial charge in [0.05, 0.1) is 0 Å². The third-order valence-corrected chi connectivity index (χ3v) is 3.50. The third-order valence-electron chi connectivity index (χ3n) is 3.50. The number of amides is 2. The Morgan fingerprint density at radius 2 is 1.70 bits per heavy atom. The van der Waals surface area contributed by atoms with Gasteiger partial charge in [0.1, 0.15) is 12.2 Å². The molecular weight excluding hydrogens is 295 g/mol. The maximum Gasteiger partial charge on any atom is 0.236 e. The molecule has 23 heavy (non-hydrogen) atoms. The van der Waals surface area contributed by atoms with Gasteiger partial charge in [0, 0.05) is 19.3 Å². The van der Waals surface area contributed by atoms with E-state index < -0.39 is 0 Å². The number of nitrogens with zero attached hydrogens (tertiary/aromatic N) is 1. The summed E-state index contributed by atoms with van der Waals surface area (Å²) in [6.07, 6.45) is 0.157. The number of rotatable bonds is 6. The Morgan fingerprint density at radius 1 is 1.04 bits per heavy atom. The van der Waals surface area contributed by atoms with Gasteiger partial charge in [-0.3, -0.25) is 9.59 Å². The number of benzene rings is 2. The second-order valence-electron chi connectivity index (χ2n) is 5.16. The Balaban J connectivity index is 1.78. The summed E-state index contributed by atoms with van der Waals surface area (Å²) in [4.78, 5) is 25.3. The van der Waals surface area contributed by atoms with Crippen LogP contribution in [0.4, 0.5) is 10.1 Å². The highest BCUT2D eigenvalue weighted by atomic mass is 19.1. The lowest BCUT2D eigenvalue weighted by molar-refractivity contribution is -0.127. The Bertz CT molecular complexity index is 674. The molecule has 2 aromatic rings. The van der Waals surface area contributed by atoms with Crippen LogP contribution >= 0.6 is 0 Å². The minimum Gasteiger partial charge on any atom is -0.355 e. The van der Waals surface area contributed by atoms with Crippen LogP contribution in [0.3, 0.4) is 0 Å². The number of nitrogens with one attached hydrogen (secondary N) is 1. The fourth-order valence-corrected chi connectivity index (χ4v) is 2.15. The topological polar surface area (TPSA) is 49.4 Å². The molecule has 0 aliphatic rings. The van der Waals surface area contributed by atoms with Gasteiger partial charge < -0.3 is 10.2 Å². The number of hydrogen-bond acceptors (Lipinski definition) is 2. The summed E-state index contributed by atoms with van der Waals surface area (Å²) >= 11 is 0. The molecule has 5 heteroatoms. The van der Waals surface area contributed by atoms with Crippen molar-refractivity contribution >= 4 is 17.5 Å². The molecule has 1 N–H and O–H groups in total. The normalized spacial score (nSPS) is 10.2. The van der Waals surface area contributed by atoms with Crippen LogP contribution in [0.2, 0.25) is 0 Å². The van der Waals surface area contributed by atoms with E-state index in [-0.39, 0.29) is 24.1 Å². The largest absolute Gasteiger partial charge is 0.355 e. The Morgan fingerprint density at radius 3 is 2.39 bits per heavy atom. The first-order valence-corrected chi connectivity index (χ1v) is 7.39. The Kier molecular flexibility index (Phi) is 5.86. The minimum atomic E-state index is -0.367. The number of anilines is 1. The predicted molar refractivity (Wildman–Crippen MR) is 87.6 cm³/mol. The molecule has 0 unspecified atom stereocenters. The van der Waals surface area contributed by atoms with E-state index in [4.69, 9.17) is 0 Å². The molecule has 0 atom stereocenters. The monoisotopic (exact) mass is 314 g/mol. The van der Waals surface area contributed by atoms with Gasteiger partial charge in [-0.2, -0.15) is 0 Å². The maximum absolute atomic E-state index is 13.4. The van der Waals surface area contributed by atoms with Crippen LogP contribution in [-0.2, 0) is 16.0 Å². The molecule has 0 saturated heterocycles. The third kappa shape index (κ3) is 4.92. The highest BCUT2D eigenvalue weighted by Crippen LogP contribution is 2.12. The molecule has 0 spiro atoms. The van der Waals surface area contributed by atoms with Gasteiger partial charge in [-0.1, -0.05) is 36.4 Å². The van der Waals surface area contributed by atoms with Crippen LogP contribution in [0.5, 0.6) is 0 Å². The maximum atomic E-state index is 13.4. The van der Waals surface area contributed by atoms with Crippen LogP contribution in [0, 0.1) is 5.82 Å². The highest BCUT2D eigenvalue weighted by molar-refractivity contribution is 6.04. The van der Waals surface area contributed by atoms with E-state index in [0.29, 0.717) is 18.5 Å². The average Bonchev–Trinajstić information content (AvgIpc) is 2.56. The van der Waals surface area contributed by atoms with Gasteiger partial charge in [-0.05, 0) is 30.2 Å². The van der Waals surface area contributed by atoms with Gasteiger partial charge in [0.15, 0.2) is 0 Å². The predicted octanol–water partition coefficient (Wildman–Crippen LogP) is 2.54. The van der Waals surface area contributed by atoms with E-state index in [1.165, 1.54) is 11.0 Å². The second kappa shape index (κ2) is 8.08. The summed E-state index contributed by atoms with van der Waals surface area (Å²) in [6, 6.07) is 15.5. The number of hydrogen-bond donors (Lipinski definition) is 1. The molecule has 2 rings (SSSR count). The van der Waals surface area contributed by atoms with Crippen molar-refractivity contribution in [3.8, 4) is 0 Å². The van der Waals surface area contributed by atoms with Crippen LogP contribution < -0.4 is 10.2 Å². The number of halogens is 1. The van der Waals surface area contributed by atoms with Crippen molar-refractivity contribution < 1.29 is 14.0 Å². The minimum absolute atomic E-state index is 0.233. The average molecular weight is 314 g/mol. The zero-order chi connectivity index (χ0) is 16.7. The Labute approximate surface area is 134 Å². The molecule has 0 aromatic heterocycles. The fourth-order valence-electron chi connectivity index (χ4n) is 2.15. The van der Waals surface area contributed by atoms with Gasteiger partial charge in [0.2, 0.25) is 11.8 Å². The van der Waals surface area contributed by atoms with Crippen LogP contribution in [0.25, 0.3) is 0 Å². The second-order valence-corrected chi connectivity index (χ2v) is 5.16. The lowest BCUT2D eigenvalue weighted by atomic mass is 10.1. The van der Waals surface area contributed by atoms with E-state index >= 15 is 0 Å². The van der Waals surface area contributed by atoms with E-state index in [0.717, 1.165) is 5.69 Å². The smallest absolute Gasteiger partial charge is 0.236 e. The zero-order valence-corrected chi connectivity index (χ0v) is 13.0. The van der Waals surface area contributed by atoms with E-state index in [9.17, 15) is 14.0 Å². The molecule has 0 aliphatic heterocycles. The van der Waals surface area contributed by atoms with Crippen LogP contribution in [0.1, 0.15) is 12.0 Å². The summed E-state index contributed by atoms with van der Waals surface area (Å²) in [5.41, 5.74) is 1.28. The standard InChI is InChI=1S/C18H19FN2O2/c1-21(15-8-3-2-4-9-15)18(23)13-17(22)20-12-11-14-7-5-6-10-16(14)19/h2-10H,11-13H2,1H3,(H,20,22).